The van der Waals surface area contributed by atoms with E-state index >= 15 is 0 Å². The van der Waals surface area contributed by atoms with Crippen LogP contribution in [0.25, 0.3) is 21.9 Å². The molecule has 0 saturated carbocycles. The summed E-state index contributed by atoms with van der Waals surface area (Å²) in [6.07, 6.45) is 4.22. The molecule has 0 spiro atoms. The molecule has 0 unspecified atom stereocenters. The third kappa shape index (κ3) is 2.65. The molecule has 3 nitrogen and oxygen atoms in total. The third-order valence-electron chi connectivity index (χ3n) is 5.00. The van der Waals surface area contributed by atoms with Crippen LogP contribution in [-0.2, 0) is 12.8 Å². The number of rotatable bonds is 2. The average Bonchev–Trinajstić information content (AvgIpc) is 2.61. The zero-order valence-corrected chi connectivity index (χ0v) is 14.3. The summed E-state index contributed by atoms with van der Waals surface area (Å²) in [5.41, 5.74) is 3.74. The first kappa shape index (κ1) is 16.0. The Balaban J connectivity index is 2.08. The molecule has 0 radical (unpaired) electrons. The highest BCUT2D eigenvalue weighted by molar-refractivity contribution is 6.30. The van der Waals surface area contributed by atoms with Gasteiger partial charge >= 0.3 is 5.97 Å². The predicted molar refractivity (Wildman–Crippen MR) is 99.7 cm³/mol. The number of carbonyl (C=O) groups is 1. The molecule has 126 valence electrons. The molecule has 2 N–H and O–H groups in total. The van der Waals surface area contributed by atoms with Gasteiger partial charge in [-0.05, 0) is 66.0 Å². The van der Waals surface area contributed by atoms with E-state index in [4.69, 9.17) is 11.6 Å². The molecule has 0 aliphatic heterocycles. The van der Waals surface area contributed by atoms with Crippen molar-refractivity contribution in [2.45, 2.75) is 25.7 Å². The standard InChI is InChI=1S/C21H17ClO3/c22-14-8-5-13(6-9-14)17-11-18-15-4-2-1-3-12(15)7-10-16(18)19(20(17)23)21(24)25/h5-11,23H,1-4H2,(H,24,25). The van der Waals surface area contributed by atoms with E-state index in [1.165, 1.54) is 11.1 Å². The van der Waals surface area contributed by atoms with Crippen molar-refractivity contribution in [1.82, 2.24) is 0 Å². The van der Waals surface area contributed by atoms with Crippen molar-refractivity contribution in [2.75, 3.05) is 0 Å². The number of carboxylic acid groups (broad SMARTS) is 1. The summed E-state index contributed by atoms with van der Waals surface area (Å²) in [5, 5.41) is 22.5. The number of aryl methyl sites for hydroxylation is 2. The largest absolute Gasteiger partial charge is 0.506 e. The number of aromatic carboxylic acids is 1. The van der Waals surface area contributed by atoms with Gasteiger partial charge in [0, 0.05) is 16.0 Å². The van der Waals surface area contributed by atoms with Gasteiger partial charge in [-0.15, -0.1) is 0 Å². The Morgan fingerprint density at radius 3 is 2.40 bits per heavy atom. The van der Waals surface area contributed by atoms with Gasteiger partial charge in [0.25, 0.3) is 0 Å². The second kappa shape index (κ2) is 6.08. The number of hydrogen-bond acceptors (Lipinski definition) is 2. The highest BCUT2D eigenvalue weighted by atomic mass is 35.5. The second-order valence-electron chi connectivity index (χ2n) is 6.47. The number of halogens is 1. The van der Waals surface area contributed by atoms with E-state index in [-0.39, 0.29) is 11.3 Å². The molecule has 0 amide bonds. The zero-order chi connectivity index (χ0) is 17.6. The molecule has 0 saturated heterocycles. The lowest BCUT2D eigenvalue weighted by Crippen LogP contribution is -2.06. The van der Waals surface area contributed by atoms with Crippen LogP contribution >= 0.6 is 11.6 Å². The predicted octanol–water partition coefficient (Wildman–Crippen LogP) is 5.44. The van der Waals surface area contributed by atoms with Gasteiger partial charge in [-0.2, -0.15) is 0 Å². The number of carboxylic acids is 1. The topological polar surface area (TPSA) is 57.5 Å². The van der Waals surface area contributed by atoms with Gasteiger partial charge in [0.05, 0.1) is 0 Å². The van der Waals surface area contributed by atoms with Crippen molar-refractivity contribution in [3.63, 3.8) is 0 Å². The molecule has 0 fully saturated rings. The molecular formula is C21H17ClO3. The smallest absolute Gasteiger partial charge is 0.340 e. The number of phenols is 1. The molecule has 0 heterocycles. The lowest BCUT2D eigenvalue weighted by atomic mass is 9.85. The van der Waals surface area contributed by atoms with Gasteiger partial charge in [0.15, 0.2) is 0 Å². The Kier molecular flexibility index (Phi) is 3.89. The third-order valence-corrected chi connectivity index (χ3v) is 5.25. The Morgan fingerprint density at radius 1 is 0.960 bits per heavy atom. The first-order chi connectivity index (χ1) is 12.1. The molecule has 3 aromatic rings. The fraction of sp³-hybridized carbons (Fsp3) is 0.190. The normalized spacial score (nSPS) is 13.6. The van der Waals surface area contributed by atoms with Crippen LogP contribution in [0.5, 0.6) is 5.75 Å². The molecular weight excluding hydrogens is 336 g/mol. The van der Waals surface area contributed by atoms with Gasteiger partial charge in [0.2, 0.25) is 0 Å². The molecule has 0 bridgehead atoms. The fourth-order valence-electron chi connectivity index (χ4n) is 3.78. The molecule has 4 rings (SSSR count). The van der Waals surface area contributed by atoms with Crippen molar-refractivity contribution in [3.8, 4) is 16.9 Å². The second-order valence-corrected chi connectivity index (χ2v) is 6.90. The molecule has 1 aliphatic rings. The SMILES string of the molecule is O=C(O)c1c(O)c(-c2ccc(Cl)cc2)cc2c3c(ccc12)CCCC3. The molecule has 0 aromatic heterocycles. The lowest BCUT2D eigenvalue weighted by molar-refractivity contribution is 0.0696. The quantitative estimate of drug-likeness (QED) is 0.645. The highest BCUT2D eigenvalue weighted by Gasteiger charge is 2.22. The van der Waals surface area contributed by atoms with Crippen LogP contribution < -0.4 is 0 Å². The summed E-state index contributed by atoms with van der Waals surface area (Å²) in [6.45, 7) is 0. The number of fused-ring (bicyclic) bond motifs is 3. The fourth-order valence-corrected chi connectivity index (χ4v) is 3.91. The van der Waals surface area contributed by atoms with E-state index in [0.717, 1.165) is 36.6 Å². The van der Waals surface area contributed by atoms with Gasteiger partial charge in [-0.25, -0.2) is 4.79 Å². The maximum atomic E-state index is 11.9. The molecule has 3 aromatic carbocycles. The van der Waals surface area contributed by atoms with Gasteiger partial charge in [0.1, 0.15) is 11.3 Å². The summed E-state index contributed by atoms with van der Waals surface area (Å²) in [4.78, 5) is 11.9. The maximum Gasteiger partial charge on any atom is 0.340 e. The summed E-state index contributed by atoms with van der Waals surface area (Å²) >= 11 is 5.95. The van der Waals surface area contributed by atoms with Crippen LogP contribution in [0.15, 0.2) is 42.5 Å². The lowest BCUT2D eigenvalue weighted by Gasteiger charge is -2.20. The Hall–Kier alpha value is -2.52. The maximum absolute atomic E-state index is 11.9. The Bertz CT molecular complexity index is 990. The average molecular weight is 353 g/mol. The van der Waals surface area contributed by atoms with Crippen molar-refractivity contribution >= 4 is 28.3 Å². The van der Waals surface area contributed by atoms with E-state index in [1.807, 2.05) is 18.2 Å². The number of hydrogen-bond donors (Lipinski definition) is 2. The minimum atomic E-state index is -1.12. The van der Waals surface area contributed by atoms with E-state index in [0.29, 0.717) is 16.0 Å². The van der Waals surface area contributed by atoms with Crippen molar-refractivity contribution in [1.29, 1.82) is 0 Å². The molecule has 0 atom stereocenters. The van der Waals surface area contributed by atoms with Crippen LogP contribution in [-0.4, -0.2) is 16.2 Å². The van der Waals surface area contributed by atoms with Crippen LogP contribution in [0.2, 0.25) is 5.02 Å². The first-order valence-electron chi connectivity index (χ1n) is 8.36. The van der Waals surface area contributed by atoms with Crippen molar-refractivity contribution in [3.05, 3.63) is 64.2 Å². The molecule has 25 heavy (non-hydrogen) atoms. The summed E-state index contributed by atoms with van der Waals surface area (Å²) in [5.74, 6) is -1.31. The zero-order valence-electron chi connectivity index (χ0n) is 13.6. The first-order valence-corrected chi connectivity index (χ1v) is 8.73. The van der Waals surface area contributed by atoms with Gasteiger partial charge in [-0.1, -0.05) is 35.9 Å². The monoisotopic (exact) mass is 352 g/mol. The molecule has 4 heteroatoms. The van der Waals surface area contributed by atoms with Crippen LogP contribution in [0.1, 0.15) is 34.3 Å². The number of benzene rings is 3. The summed E-state index contributed by atoms with van der Waals surface area (Å²) in [6, 6.07) is 12.8. The van der Waals surface area contributed by atoms with Crippen LogP contribution in [0.3, 0.4) is 0 Å². The number of aromatic hydroxyl groups is 1. The minimum absolute atomic E-state index is 0.0316. The van der Waals surface area contributed by atoms with Crippen molar-refractivity contribution < 1.29 is 15.0 Å². The van der Waals surface area contributed by atoms with Crippen LogP contribution in [0, 0.1) is 0 Å². The van der Waals surface area contributed by atoms with E-state index in [1.54, 1.807) is 24.3 Å². The van der Waals surface area contributed by atoms with E-state index < -0.39 is 5.97 Å². The van der Waals surface area contributed by atoms with Gasteiger partial charge < -0.3 is 10.2 Å². The van der Waals surface area contributed by atoms with Crippen LogP contribution in [0.4, 0.5) is 0 Å². The molecule has 1 aliphatic carbocycles. The minimum Gasteiger partial charge on any atom is -0.506 e. The summed E-state index contributed by atoms with van der Waals surface area (Å²) in [7, 11) is 0. The Labute approximate surface area is 150 Å². The van der Waals surface area contributed by atoms with E-state index in [9.17, 15) is 15.0 Å². The Morgan fingerprint density at radius 2 is 1.68 bits per heavy atom. The van der Waals surface area contributed by atoms with E-state index in [2.05, 4.69) is 0 Å². The highest BCUT2D eigenvalue weighted by Crippen LogP contribution is 2.41. The van der Waals surface area contributed by atoms with Crippen molar-refractivity contribution in [2.24, 2.45) is 0 Å². The van der Waals surface area contributed by atoms with Gasteiger partial charge in [-0.3, -0.25) is 0 Å². The summed E-state index contributed by atoms with van der Waals surface area (Å²) < 4.78 is 0.